The zero-order valence-corrected chi connectivity index (χ0v) is 11.5. The molecule has 0 amide bonds. The molecule has 1 aliphatic rings. The van der Waals surface area contributed by atoms with Crippen LogP contribution >= 0.6 is 0 Å². The summed E-state index contributed by atoms with van der Waals surface area (Å²) in [5.41, 5.74) is 1.15. The highest BCUT2D eigenvalue weighted by molar-refractivity contribution is 5.42. The largest absolute Gasteiger partial charge is 0.493 e. The van der Waals surface area contributed by atoms with Gasteiger partial charge in [0.1, 0.15) is 0 Å². The van der Waals surface area contributed by atoms with Gasteiger partial charge in [-0.05, 0) is 17.7 Å². The molecule has 1 aromatic rings. The molecule has 106 valence electrons. The van der Waals surface area contributed by atoms with E-state index < -0.39 is 0 Å². The van der Waals surface area contributed by atoms with Crippen LogP contribution in [-0.4, -0.2) is 46.7 Å². The van der Waals surface area contributed by atoms with Crippen molar-refractivity contribution < 1.29 is 18.9 Å². The van der Waals surface area contributed by atoms with E-state index >= 15 is 0 Å². The lowest BCUT2D eigenvalue weighted by Crippen LogP contribution is -2.37. The van der Waals surface area contributed by atoms with E-state index in [1.54, 1.807) is 14.2 Å². The summed E-state index contributed by atoms with van der Waals surface area (Å²) >= 11 is 0. The monoisotopic (exact) mass is 267 g/mol. The van der Waals surface area contributed by atoms with E-state index in [2.05, 4.69) is 5.32 Å². The van der Waals surface area contributed by atoms with Crippen molar-refractivity contribution in [2.24, 2.45) is 0 Å². The molecule has 0 aromatic heterocycles. The summed E-state index contributed by atoms with van der Waals surface area (Å²) in [5.74, 6) is 1.49. The van der Waals surface area contributed by atoms with Crippen LogP contribution < -0.4 is 14.8 Å². The minimum atomic E-state index is 0.147. The van der Waals surface area contributed by atoms with Crippen molar-refractivity contribution in [3.63, 3.8) is 0 Å². The fourth-order valence-electron chi connectivity index (χ4n) is 2.02. The summed E-state index contributed by atoms with van der Waals surface area (Å²) in [6.45, 7) is 3.60. The third kappa shape index (κ3) is 4.09. The first-order valence-corrected chi connectivity index (χ1v) is 6.44. The Labute approximate surface area is 113 Å². The smallest absolute Gasteiger partial charge is 0.161 e. The quantitative estimate of drug-likeness (QED) is 0.839. The number of hydrogen-bond acceptors (Lipinski definition) is 5. The molecule has 1 heterocycles. The van der Waals surface area contributed by atoms with Crippen molar-refractivity contribution in [2.45, 2.75) is 12.6 Å². The second-order valence-electron chi connectivity index (χ2n) is 4.39. The molecule has 5 heteroatoms. The number of rotatable bonds is 6. The molecular weight excluding hydrogens is 246 g/mol. The van der Waals surface area contributed by atoms with Crippen LogP contribution in [0.3, 0.4) is 0 Å². The van der Waals surface area contributed by atoms with Crippen LogP contribution in [0.4, 0.5) is 0 Å². The highest BCUT2D eigenvalue weighted by Gasteiger charge is 2.13. The van der Waals surface area contributed by atoms with Gasteiger partial charge in [0.05, 0.1) is 40.1 Å². The number of methoxy groups -OCH3 is 2. The molecule has 0 bridgehead atoms. The van der Waals surface area contributed by atoms with Crippen LogP contribution in [0.15, 0.2) is 18.2 Å². The van der Waals surface area contributed by atoms with E-state index in [1.807, 2.05) is 18.2 Å². The van der Waals surface area contributed by atoms with Gasteiger partial charge in [-0.15, -0.1) is 0 Å². The predicted octanol–water partition coefficient (Wildman–Crippen LogP) is 1.21. The highest BCUT2D eigenvalue weighted by Crippen LogP contribution is 2.27. The second-order valence-corrected chi connectivity index (χ2v) is 4.39. The molecule has 0 radical (unpaired) electrons. The average molecular weight is 267 g/mol. The molecule has 1 aliphatic heterocycles. The van der Waals surface area contributed by atoms with Gasteiger partial charge in [-0.3, -0.25) is 0 Å². The molecule has 1 aromatic carbocycles. The normalized spacial score (nSPS) is 19.2. The minimum Gasteiger partial charge on any atom is -0.493 e. The van der Waals surface area contributed by atoms with Crippen LogP contribution in [0.25, 0.3) is 0 Å². The molecule has 1 atom stereocenters. The van der Waals surface area contributed by atoms with Crippen molar-refractivity contribution in [1.29, 1.82) is 0 Å². The molecule has 19 heavy (non-hydrogen) atoms. The van der Waals surface area contributed by atoms with E-state index in [0.717, 1.165) is 30.2 Å². The molecule has 0 unspecified atom stereocenters. The molecule has 2 rings (SSSR count). The SMILES string of the molecule is COc1ccc(CNC[C@@H]2COCCO2)cc1OC. The fraction of sp³-hybridized carbons (Fsp3) is 0.571. The van der Waals surface area contributed by atoms with Crippen molar-refractivity contribution in [3.05, 3.63) is 23.8 Å². The first-order chi connectivity index (χ1) is 9.33. The predicted molar refractivity (Wildman–Crippen MR) is 71.8 cm³/mol. The van der Waals surface area contributed by atoms with Crippen molar-refractivity contribution in [3.8, 4) is 11.5 Å². The van der Waals surface area contributed by atoms with E-state index in [9.17, 15) is 0 Å². The van der Waals surface area contributed by atoms with Gasteiger partial charge in [0.15, 0.2) is 11.5 Å². The Bertz CT molecular complexity index is 391. The lowest BCUT2D eigenvalue weighted by atomic mass is 10.2. The van der Waals surface area contributed by atoms with Gasteiger partial charge in [0, 0.05) is 13.1 Å². The van der Waals surface area contributed by atoms with Crippen molar-refractivity contribution >= 4 is 0 Å². The Hall–Kier alpha value is -1.30. The second kappa shape index (κ2) is 7.33. The first kappa shape index (κ1) is 14.1. The van der Waals surface area contributed by atoms with E-state index in [-0.39, 0.29) is 6.10 Å². The molecule has 0 saturated carbocycles. The number of benzene rings is 1. The Balaban J connectivity index is 1.81. The van der Waals surface area contributed by atoms with Crippen molar-refractivity contribution in [1.82, 2.24) is 5.32 Å². The topological polar surface area (TPSA) is 49.0 Å². The third-order valence-electron chi connectivity index (χ3n) is 3.03. The zero-order valence-electron chi connectivity index (χ0n) is 11.5. The molecule has 0 spiro atoms. The Kier molecular flexibility index (Phi) is 5.44. The molecule has 1 fully saturated rings. The number of nitrogens with one attached hydrogen (secondary N) is 1. The number of hydrogen-bond donors (Lipinski definition) is 1. The Morgan fingerprint density at radius 1 is 1.21 bits per heavy atom. The highest BCUT2D eigenvalue weighted by atomic mass is 16.6. The molecule has 1 saturated heterocycles. The maximum atomic E-state index is 5.57. The van der Waals surface area contributed by atoms with Crippen LogP contribution in [-0.2, 0) is 16.0 Å². The standard InChI is InChI=1S/C14H21NO4/c1-16-13-4-3-11(7-14(13)17-2)8-15-9-12-10-18-5-6-19-12/h3-4,7,12,15H,5-6,8-10H2,1-2H3/t12-/m1/s1. The Morgan fingerprint density at radius 3 is 2.74 bits per heavy atom. The molecule has 0 aliphatic carbocycles. The summed E-state index contributed by atoms with van der Waals surface area (Å²) in [6.07, 6.45) is 0.147. The van der Waals surface area contributed by atoms with Gasteiger partial charge in [-0.25, -0.2) is 0 Å². The lowest BCUT2D eigenvalue weighted by molar-refractivity contribution is -0.0864. The fourth-order valence-corrected chi connectivity index (χ4v) is 2.02. The Morgan fingerprint density at radius 2 is 2.05 bits per heavy atom. The van der Waals surface area contributed by atoms with Crippen LogP contribution in [0.1, 0.15) is 5.56 Å². The van der Waals surface area contributed by atoms with Gasteiger partial charge in [0.2, 0.25) is 0 Å². The summed E-state index contributed by atoms with van der Waals surface area (Å²) < 4.78 is 21.4. The summed E-state index contributed by atoms with van der Waals surface area (Å²) in [6, 6.07) is 5.91. The maximum Gasteiger partial charge on any atom is 0.161 e. The molecular formula is C14H21NO4. The van der Waals surface area contributed by atoms with Crippen molar-refractivity contribution in [2.75, 3.05) is 40.6 Å². The summed E-state index contributed by atoms with van der Waals surface area (Å²) in [4.78, 5) is 0. The first-order valence-electron chi connectivity index (χ1n) is 6.44. The van der Waals surface area contributed by atoms with E-state index in [0.29, 0.717) is 19.8 Å². The van der Waals surface area contributed by atoms with E-state index in [4.69, 9.17) is 18.9 Å². The summed E-state index contributed by atoms with van der Waals surface area (Å²) in [7, 11) is 3.28. The van der Waals surface area contributed by atoms with Gasteiger partial charge in [0.25, 0.3) is 0 Å². The average Bonchev–Trinajstić information content (AvgIpc) is 2.48. The van der Waals surface area contributed by atoms with Gasteiger partial charge < -0.3 is 24.3 Å². The van der Waals surface area contributed by atoms with Crippen LogP contribution in [0, 0.1) is 0 Å². The molecule has 1 N–H and O–H groups in total. The van der Waals surface area contributed by atoms with Gasteiger partial charge >= 0.3 is 0 Å². The van der Waals surface area contributed by atoms with Gasteiger partial charge in [-0.2, -0.15) is 0 Å². The number of ether oxygens (including phenoxy) is 4. The maximum absolute atomic E-state index is 5.57. The minimum absolute atomic E-state index is 0.147. The summed E-state index contributed by atoms with van der Waals surface area (Å²) in [5, 5.41) is 3.36. The lowest BCUT2D eigenvalue weighted by Gasteiger charge is -2.23. The van der Waals surface area contributed by atoms with Gasteiger partial charge in [-0.1, -0.05) is 6.07 Å². The van der Waals surface area contributed by atoms with E-state index in [1.165, 1.54) is 0 Å². The molecule has 5 nitrogen and oxygen atoms in total. The third-order valence-corrected chi connectivity index (χ3v) is 3.03. The van der Waals surface area contributed by atoms with Crippen LogP contribution in [0.2, 0.25) is 0 Å². The van der Waals surface area contributed by atoms with Crippen LogP contribution in [0.5, 0.6) is 11.5 Å². The zero-order chi connectivity index (χ0) is 13.5.